The molecule has 74 valence electrons. The highest BCUT2D eigenvalue weighted by Gasteiger charge is 2.09. The first-order valence-corrected chi connectivity index (χ1v) is 6.16. The number of hydrogen-bond donors (Lipinski definition) is 1. The van der Waals surface area contributed by atoms with Gasteiger partial charge >= 0.3 is 0 Å². The first-order valence-electron chi connectivity index (χ1n) is 4.52. The third-order valence-corrected chi connectivity index (χ3v) is 4.09. The van der Waals surface area contributed by atoms with E-state index in [2.05, 4.69) is 31.0 Å². The number of thiazole rings is 1. The smallest absolute Gasteiger partial charge is 0.180 e. The van der Waals surface area contributed by atoms with Gasteiger partial charge in [-0.05, 0) is 25.5 Å². The third kappa shape index (κ3) is 1.67. The molecule has 0 aromatic carbocycles. The molecule has 0 unspecified atom stereocenters. The summed E-state index contributed by atoms with van der Waals surface area (Å²) in [6.07, 6.45) is 1.09. The maximum Gasteiger partial charge on any atom is 0.180 e. The Hall–Kier alpha value is -0.870. The summed E-state index contributed by atoms with van der Waals surface area (Å²) < 4.78 is 0. The van der Waals surface area contributed by atoms with Gasteiger partial charge in [0.15, 0.2) is 5.13 Å². The fraction of sp³-hybridized carbons (Fsp3) is 0.300. The van der Waals surface area contributed by atoms with Gasteiger partial charge < -0.3 is 5.73 Å². The molecule has 0 fully saturated rings. The van der Waals surface area contributed by atoms with Gasteiger partial charge in [0.2, 0.25) is 0 Å². The summed E-state index contributed by atoms with van der Waals surface area (Å²) in [6.45, 7) is 4.23. The van der Waals surface area contributed by atoms with Crippen molar-refractivity contribution >= 4 is 27.8 Å². The van der Waals surface area contributed by atoms with Gasteiger partial charge in [-0.3, -0.25) is 0 Å². The van der Waals surface area contributed by atoms with E-state index in [1.165, 1.54) is 14.6 Å². The molecule has 0 spiro atoms. The van der Waals surface area contributed by atoms with E-state index in [-0.39, 0.29) is 0 Å². The van der Waals surface area contributed by atoms with Crippen molar-refractivity contribution < 1.29 is 0 Å². The fourth-order valence-corrected chi connectivity index (χ4v) is 3.10. The molecule has 0 bridgehead atoms. The summed E-state index contributed by atoms with van der Waals surface area (Å²) in [5.41, 5.74) is 6.72. The zero-order chi connectivity index (χ0) is 10.1. The van der Waals surface area contributed by atoms with E-state index >= 15 is 0 Å². The van der Waals surface area contributed by atoms with Crippen LogP contribution in [-0.2, 0) is 6.42 Å². The van der Waals surface area contributed by atoms with Crippen LogP contribution in [0, 0.1) is 6.92 Å². The van der Waals surface area contributed by atoms with E-state index < -0.39 is 0 Å². The molecule has 0 radical (unpaired) electrons. The van der Waals surface area contributed by atoms with Gasteiger partial charge in [0.1, 0.15) is 0 Å². The van der Waals surface area contributed by atoms with Crippen molar-refractivity contribution in [2.75, 3.05) is 5.73 Å². The van der Waals surface area contributed by atoms with Crippen molar-refractivity contribution in [2.45, 2.75) is 20.3 Å². The average Bonchev–Trinajstić information content (AvgIpc) is 2.71. The zero-order valence-corrected chi connectivity index (χ0v) is 9.84. The van der Waals surface area contributed by atoms with Crippen LogP contribution in [0.5, 0.6) is 0 Å². The van der Waals surface area contributed by atoms with Crippen molar-refractivity contribution in [3.8, 4) is 10.6 Å². The van der Waals surface area contributed by atoms with Crippen LogP contribution in [0.4, 0.5) is 5.13 Å². The van der Waals surface area contributed by atoms with E-state index in [1.807, 2.05) is 0 Å². The second-order valence-electron chi connectivity index (χ2n) is 3.08. The highest BCUT2D eigenvalue weighted by Crippen LogP contribution is 2.33. The molecule has 0 atom stereocenters. The molecule has 2 aromatic heterocycles. The minimum atomic E-state index is 0.656. The summed E-state index contributed by atoms with van der Waals surface area (Å²) in [7, 11) is 0. The lowest BCUT2D eigenvalue weighted by Crippen LogP contribution is -1.81. The lowest BCUT2D eigenvalue weighted by atomic mass is 10.3. The summed E-state index contributed by atoms with van der Waals surface area (Å²) >= 11 is 3.36. The Labute approximate surface area is 91.4 Å². The molecule has 14 heavy (non-hydrogen) atoms. The van der Waals surface area contributed by atoms with Gasteiger partial charge in [-0.2, -0.15) is 0 Å². The molecule has 2 rings (SSSR count). The standard InChI is InChI=1S/C10H12N2S2/c1-3-7-4-5-8(14-7)9-6(2)13-10(11)12-9/h4-5H,3H2,1-2H3,(H2,11,12). The molecule has 0 amide bonds. The van der Waals surface area contributed by atoms with Crippen molar-refractivity contribution in [1.29, 1.82) is 0 Å². The topological polar surface area (TPSA) is 38.9 Å². The van der Waals surface area contributed by atoms with Gasteiger partial charge in [-0.25, -0.2) is 4.98 Å². The first kappa shape index (κ1) is 9.68. The van der Waals surface area contributed by atoms with Gasteiger partial charge in [0, 0.05) is 9.75 Å². The Balaban J connectivity index is 2.43. The van der Waals surface area contributed by atoms with Crippen LogP contribution in [-0.4, -0.2) is 4.98 Å². The summed E-state index contributed by atoms with van der Waals surface area (Å²) in [6, 6.07) is 4.29. The number of aromatic nitrogens is 1. The molecule has 4 heteroatoms. The van der Waals surface area contributed by atoms with Gasteiger partial charge in [0.05, 0.1) is 10.6 Å². The number of hydrogen-bond acceptors (Lipinski definition) is 4. The number of thiophene rings is 1. The van der Waals surface area contributed by atoms with Crippen molar-refractivity contribution in [3.05, 3.63) is 21.9 Å². The van der Waals surface area contributed by atoms with Crippen LogP contribution < -0.4 is 5.73 Å². The predicted molar refractivity (Wildman–Crippen MR) is 64.0 cm³/mol. The molecule has 2 aromatic rings. The maximum atomic E-state index is 5.67. The van der Waals surface area contributed by atoms with E-state index in [0.29, 0.717) is 5.13 Å². The quantitative estimate of drug-likeness (QED) is 0.850. The van der Waals surface area contributed by atoms with Crippen molar-refractivity contribution in [2.24, 2.45) is 0 Å². The largest absolute Gasteiger partial charge is 0.375 e. The number of nitrogens with zero attached hydrogens (tertiary/aromatic N) is 1. The number of aryl methyl sites for hydroxylation is 2. The number of nitrogens with two attached hydrogens (primary N) is 1. The number of rotatable bonds is 2. The van der Waals surface area contributed by atoms with Crippen molar-refractivity contribution in [1.82, 2.24) is 4.98 Å². The predicted octanol–water partition coefficient (Wildman–Crippen LogP) is 3.32. The third-order valence-electron chi connectivity index (χ3n) is 2.06. The molecule has 2 nitrogen and oxygen atoms in total. The monoisotopic (exact) mass is 224 g/mol. The summed E-state index contributed by atoms with van der Waals surface area (Å²) in [5.74, 6) is 0. The van der Waals surface area contributed by atoms with Crippen LogP contribution in [0.15, 0.2) is 12.1 Å². The van der Waals surface area contributed by atoms with E-state index in [0.717, 1.165) is 12.1 Å². The maximum absolute atomic E-state index is 5.67. The minimum Gasteiger partial charge on any atom is -0.375 e. The van der Waals surface area contributed by atoms with Gasteiger partial charge in [-0.15, -0.1) is 22.7 Å². The van der Waals surface area contributed by atoms with Crippen LogP contribution in [0.2, 0.25) is 0 Å². The van der Waals surface area contributed by atoms with Gasteiger partial charge in [-0.1, -0.05) is 6.92 Å². The minimum absolute atomic E-state index is 0.656. The van der Waals surface area contributed by atoms with E-state index in [1.54, 1.807) is 22.7 Å². The molecule has 0 saturated heterocycles. The second-order valence-corrected chi connectivity index (χ2v) is 5.48. The zero-order valence-electron chi connectivity index (χ0n) is 8.20. The summed E-state index contributed by atoms with van der Waals surface area (Å²) in [5, 5.41) is 0.656. The molecular formula is C10H12N2S2. The van der Waals surface area contributed by atoms with Crippen LogP contribution in [0.1, 0.15) is 16.7 Å². The number of anilines is 1. The normalized spacial score (nSPS) is 10.7. The highest BCUT2D eigenvalue weighted by molar-refractivity contribution is 7.17. The molecule has 0 aliphatic carbocycles. The van der Waals surface area contributed by atoms with Crippen molar-refractivity contribution in [3.63, 3.8) is 0 Å². The highest BCUT2D eigenvalue weighted by atomic mass is 32.1. The Kier molecular flexibility index (Phi) is 2.56. The number of nitrogen functional groups attached to an aromatic ring is 1. The molecule has 2 heterocycles. The molecule has 2 N–H and O–H groups in total. The van der Waals surface area contributed by atoms with E-state index in [9.17, 15) is 0 Å². The van der Waals surface area contributed by atoms with Gasteiger partial charge in [0.25, 0.3) is 0 Å². The van der Waals surface area contributed by atoms with E-state index in [4.69, 9.17) is 5.73 Å². The average molecular weight is 224 g/mol. The SMILES string of the molecule is CCc1ccc(-c2nc(N)sc2C)s1. The summed E-state index contributed by atoms with van der Waals surface area (Å²) in [4.78, 5) is 8.16. The van der Waals surface area contributed by atoms with Crippen LogP contribution in [0.25, 0.3) is 10.6 Å². The molecule has 0 aliphatic heterocycles. The Bertz CT molecular complexity index is 443. The molecular weight excluding hydrogens is 212 g/mol. The van der Waals surface area contributed by atoms with Crippen LogP contribution >= 0.6 is 22.7 Å². The lowest BCUT2D eigenvalue weighted by Gasteiger charge is -1.91. The van der Waals surface area contributed by atoms with Crippen LogP contribution in [0.3, 0.4) is 0 Å². The Morgan fingerprint density at radius 1 is 1.36 bits per heavy atom. The first-order chi connectivity index (χ1) is 6.70. The Morgan fingerprint density at radius 2 is 2.14 bits per heavy atom. The lowest BCUT2D eigenvalue weighted by molar-refractivity contribution is 1.19. The molecule has 0 saturated carbocycles. The fourth-order valence-electron chi connectivity index (χ4n) is 1.34. The Morgan fingerprint density at radius 3 is 2.64 bits per heavy atom. The molecule has 0 aliphatic rings. The second kappa shape index (κ2) is 3.71.